The van der Waals surface area contributed by atoms with E-state index in [0.29, 0.717) is 17.1 Å². The van der Waals surface area contributed by atoms with Gasteiger partial charge in [0.15, 0.2) is 0 Å². The minimum absolute atomic E-state index is 0.487. The molecule has 7 heteroatoms. The van der Waals surface area contributed by atoms with Crippen molar-refractivity contribution < 1.29 is 14.6 Å². The lowest BCUT2D eigenvalue weighted by Crippen LogP contribution is -2.19. The van der Waals surface area contributed by atoms with Gasteiger partial charge in [0.2, 0.25) is 5.88 Å². The number of likely N-dealkylation sites (tertiary alicyclic amines) is 1. The standard InChI is InChI=1S/C18H18N4O3/c23-18(24)22-8-5-13-9-15(3-4-16(13)22)25-17-10-14(19-12-20-17)11-21-6-1-2-7-21/h3-5,8-10,12H,1-2,6-7,11H2,(H,23,24). The van der Waals surface area contributed by atoms with Crippen LogP contribution in [0.2, 0.25) is 0 Å². The Balaban J connectivity index is 1.53. The van der Waals surface area contributed by atoms with E-state index in [4.69, 9.17) is 9.84 Å². The number of ether oxygens (including phenoxy) is 1. The number of rotatable bonds is 4. The first-order valence-corrected chi connectivity index (χ1v) is 8.24. The molecule has 3 aromatic rings. The molecule has 1 saturated heterocycles. The fourth-order valence-electron chi connectivity index (χ4n) is 3.16. The summed E-state index contributed by atoms with van der Waals surface area (Å²) in [6.07, 6.45) is 4.51. The molecule has 2 aromatic heterocycles. The Hall–Kier alpha value is -2.93. The first-order valence-electron chi connectivity index (χ1n) is 8.24. The van der Waals surface area contributed by atoms with Gasteiger partial charge in [-0.25, -0.2) is 14.8 Å². The normalized spacial score (nSPS) is 14.9. The van der Waals surface area contributed by atoms with Crippen molar-refractivity contribution >= 4 is 17.0 Å². The van der Waals surface area contributed by atoms with Crippen molar-refractivity contribution in [3.05, 3.63) is 48.5 Å². The highest BCUT2D eigenvalue weighted by Gasteiger charge is 2.13. The van der Waals surface area contributed by atoms with E-state index in [1.165, 1.54) is 29.9 Å². The molecule has 0 radical (unpaired) electrons. The van der Waals surface area contributed by atoms with E-state index in [0.717, 1.165) is 30.7 Å². The van der Waals surface area contributed by atoms with E-state index in [1.807, 2.05) is 6.07 Å². The van der Waals surface area contributed by atoms with E-state index in [9.17, 15) is 4.79 Å². The van der Waals surface area contributed by atoms with Gasteiger partial charge < -0.3 is 9.84 Å². The maximum absolute atomic E-state index is 11.1. The van der Waals surface area contributed by atoms with Crippen LogP contribution >= 0.6 is 0 Å². The van der Waals surface area contributed by atoms with Gasteiger partial charge in [0.05, 0.1) is 11.2 Å². The first kappa shape index (κ1) is 15.6. The molecule has 1 aromatic carbocycles. The summed E-state index contributed by atoms with van der Waals surface area (Å²) < 4.78 is 7.01. The highest BCUT2D eigenvalue weighted by molar-refractivity contribution is 5.89. The van der Waals surface area contributed by atoms with Crippen LogP contribution in [0.15, 0.2) is 42.9 Å². The lowest BCUT2D eigenvalue weighted by Gasteiger charge is -2.14. The summed E-state index contributed by atoms with van der Waals surface area (Å²) in [7, 11) is 0. The predicted octanol–water partition coefficient (Wildman–Crippen LogP) is 3.35. The van der Waals surface area contributed by atoms with Crippen LogP contribution in [0, 0.1) is 0 Å². The number of carboxylic acid groups (broad SMARTS) is 1. The quantitative estimate of drug-likeness (QED) is 0.786. The Morgan fingerprint density at radius 1 is 1.16 bits per heavy atom. The summed E-state index contributed by atoms with van der Waals surface area (Å²) in [4.78, 5) is 22.0. The third-order valence-electron chi connectivity index (χ3n) is 4.37. The average Bonchev–Trinajstić information content (AvgIpc) is 3.24. The SMILES string of the molecule is O=C(O)n1ccc2cc(Oc3cc(CN4CCCC4)ncn3)ccc21. The molecule has 0 unspecified atom stereocenters. The summed E-state index contributed by atoms with van der Waals surface area (Å²) in [6.45, 7) is 3.02. The monoisotopic (exact) mass is 338 g/mol. The second-order valence-electron chi connectivity index (χ2n) is 6.12. The topological polar surface area (TPSA) is 80.5 Å². The lowest BCUT2D eigenvalue weighted by atomic mass is 10.2. The smallest absolute Gasteiger partial charge is 0.415 e. The molecule has 0 amide bonds. The maximum Gasteiger partial charge on any atom is 0.415 e. The van der Waals surface area contributed by atoms with E-state index in [2.05, 4.69) is 14.9 Å². The maximum atomic E-state index is 11.1. The summed E-state index contributed by atoms with van der Waals surface area (Å²) in [5.41, 5.74) is 1.56. The van der Waals surface area contributed by atoms with Crippen molar-refractivity contribution in [2.24, 2.45) is 0 Å². The van der Waals surface area contributed by atoms with Gasteiger partial charge in [0.1, 0.15) is 12.1 Å². The van der Waals surface area contributed by atoms with E-state index in [1.54, 1.807) is 24.3 Å². The van der Waals surface area contributed by atoms with Crippen molar-refractivity contribution in [3.63, 3.8) is 0 Å². The molecule has 1 fully saturated rings. The Morgan fingerprint density at radius 3 is 2.80 bits per heavy atom. The van der Waals surface area contributed by atoms with Crippen LogP contribution in [0.25, 0.3) is 10.9 Å². The minimum atomic E-state index is -1.01. The van der Waals surface area contributed by atoms with E-state index >= 15 is 0 Å². The molecule has 1 N–H and O–H groups in total. The molecule has 7 nitrogen and oxygen atoms in total. The van der Waals surface area contributed by atoms with Crippen LogP contribution in [0.3, 0.4) is 0 Å². The van der Waals surface area contributed by atoms with Gasteiger partial charge in [0, 0.05) is 24.2 Å². The van der Waals surface area contributed by atoms with Crippen molar-refractivity contribution in [1.29, 1.82) is 0 Å². The zero-order valence-electron chi connectivity index (χ0n) is 13.6. The number of aromatic nitrogens is 3. The summed E-state index contributed by atoms with van der Waals surface area (Å²) >= 11 is 0. The van der Waals surface area contributed by atoms with E-state index < -0.39 is 6.09 Å². The fourth-order valence-corrected chi connectivity index (χ4v) is 3.16. The summed E-state index contributed by atoms with van der Waals surface area (Å²) in [6, 6.07) is 8.87. The second-order valence-corrected chi connectivity index (χ2v) is 6.12. The highest BCUT2D eigenvalue weighted by atomic mass is 16.5. The molecule has 3 heterocycles. The number of carbonyl (C=O) groups is 1. The largest absolute Gasteiger partial charge is 0.464 e. The Bertz CT molecular complexity index is 916. The van der Waals surface area contributed by atoms with Gasteiger partial charge in [-0.2, -0.15) is 0 Å². The summed E-state index contributed by atoms with van der Waals surface area (Å²) in [5, 5.41) is 9.93. The Morgan fingerprint density at radius 2 is 2.00 bits per heavy atom. The Kier molecular flexibility index (Phi) is 4.07. The fraction of sp³-hybridized carbons (Fsp3) is 0.278. The van der Waals surface area contributed by atoms with Crippen LogP contribution in [0.1, 0.15) is 18.5 Å². The summed E-state index contributed by atoms with van der Waals surface area (Å²) in [5.74, 6) is 1.10. The highest BCUT2D eigenvalue weighted by Crippen LogP contribution is 2.26. The van der Waals surface area contributed by atoms with Crippen LogP contribution < -0.4 is 4.74 Å². The number of benzene rings is 1. The molecule has 0 bridgehead atoms. The molecule has 0 spiro atoms. The lowest BCUT2D eigenvalue weighted by molar-refractivity contribution is 0.197. The van der Waals surface area contributed by atoms with Crippen molar-refractivity contribution in [2.75, 3.05) is 13.1 Å². The number of nitrogens with zero attached hydrogens (tertiary/aromatic N) is 4. The van der Waals surface area contributed by atoms with Gasteiger partial charge in [-0.1, -0.05) is 0 Å². The number of fused-ring (bicyclic) bond motifs is 1. The van der Waals surface area contributed by atoms with Crippen molar-refractivity contribution in [3.8, 4) is 11.6 Å². The predicted molar refractivity (Wildman–Crippen MR) is 92.0 cm³/mol. The Labute approximate surface area is 144 Å². The zero-order chi connectivity index (χ0) is 17.2. The molecular formula is C18H18N4O3. The van der Waals surface area contributed by atoms with Crippen LogP contribution in [0.5, 0.6) is 11.6 Å². The molecule has 4 rings (SSSR count). The van der Waals surface area contributed by atoms with Gasteiger partial charge in [-0.3, -0.25) is 9.47 Å². The van der Waals surface area contributed by atoms with Crippen LogP contribution in [-0.2, 0) is 6.54 Å². The number of hydrogen-bond donors (Lipinski definition) is 1. The molecule has 0 aliphatic carbocycles. The molecular weight excluding hydrogens is 320 g/mol. The van der Waals surface area contributed by atoms with Crippen LogP contribution in [0.4, 0.5) is 4.79 Å². The second kappa shape index (κ2) is 6.52. The van der Waals surface area contributed by atoms with Gasteiger partial charge in [-0.15, -0.1) is 0 Å². The third kappa shape index (κ3) is 3.32. The minimum Gasteiger partial charge on any atom is -0.464 e. The van der Waals surface area contributed by atoms with Gasteiger partial charge in [-0.05, 0) is 50.2 Å². The third-order valence-corrected chi connectivity index (χ3v) is 4.37. The van der Waals surface area contributed by atoms with E-state index in [-0.39, 0.29) is 0 Å². The average molecular weight is 338 g/mol. The molecule has 1 aliphatic rings. The molecule has 0 atom stereocenters. The van der Waals surface area contributed by atoms with Crippen molar-refractivity contribution in [1.82, 2.24) is 19.4 Å². The molecule has 25 heavy (non-hydrogen) atoms. The van der Waals surface area contributed by atoms with Crippen LogP contribution in [-0.4, -0.2) is 43.7 Å². The van der Waals surface area contributed by atoms with Crippen molar-refractivity contribution in [2.45, 2.75) is 19.4 Å². The zero-order valence-corrected chi connectivity index (χ0v) is 13.6. The first-order chi connectivity index (χ1) is 12.2. The number of hydrogen-bond acceptors (Lipinski definition) is 5. The molecule has 1 aliphatic heterocycles. The van der Waals surface area contributed by atoms with Gasteiger partial charge >= 0.3 is 6.09 Å². The van der Waals surface area contributed by atoms with Gasteiger partial charge in [0.25, 0.3) is 0 Å². The molecule has 128 valence electrons. The molecule has 0 saturated carbocycles.